The number of amides is 1. The molecule has 2 unspecified atom stereocenters. The summed E-state index contributed by atoms with van der Waals surface area (Å²) in [5.74, 6) is 1.22. The average molecular weight is 260 g/mol. The smallest absolute Gasteiger partial charge is 0.248 e. The van der Waals surface area contributed by atoms with Gasteiger partial charge in [0.2, 0.25) is 5.91 Å². The first-order valence-corrected chi connectivity index (χ1v) is 7.22. The number of primary amides is 1. The first-order chi connectivity index (χ1) is 9.06. The minimum Gasteiger partial charge on any atom is -0.382 e. The van der Waals surface area contributed by atoms with Crippen molar-refractivity contribution in [2.45, 2.75) is 45.6 Å². The highest BCUT2D eigenvalue weighted by Gasteiger charge is 2.23. The Morgan fingerprint density at radius 3 is 2.53 bits per heavy atom. The van der Waals surface area contributed by atoms with Gasteiger partial charge in [-0.1, -0.05) is 26.7 Å². The summed E-state index contributed by atoms with van der Waals surface area (Å²) in [6.45, 7) is 4.63. The molecule has 0 bridgehead atoms. The third-order valence-corrected chi connectivity index (χ3v) is 4.20. The number of rotatable bonds is 4. The van der Waals surface area contributed by atoms with E-state index in [1.807, 2.05) is 12.1 Å². The molecule has 1 aliphatic rings. The van der Waals surface area contributed by atoms with Gasteiger partial charge < -0.3 is 11.1 Å². The number of carbonyl (C=O) groups is 1. The van der Waals surface area contributed by atoms with Crippen molar-refractivity contribution in [1.82, 2.24) is 0 Å². The number of carbonyl (C=O) groups excluding carboxylic acids is 1. The minimum absolute atomic E-state index is 0.371. The van der Waals surface area contributed by atoms with Crippen molar-refractivity contribution in [3.8, 4) is 0 Å². The van der Waals surface area contributed by atoms with E-state index in [1.54, 1.807) is 12.1 Å². The summed E-state index contributed by atoms with van der Waals surface area (Å²) in [7, 11) is 0. The number of hydrogen-bond donors (Lipinski definition) is 2. The van der Waals surface area contributed by atoms with Gasteiger partial charge in [-0.25, -0.2) is 0 Å². The summed E-state index contributed by atoms with van der Waals surface area (Å²) < 4.78 is 0. The fourth-order valence-electron chi connectivity index (χ4n) is 2.93. The molecule has 1 aliphatic carbocycles. The highest BCUT2D eigenvalue weighted by molar-refractivity contribution is 5.93. The maximum Gasteiger partial charge on any atom is 0.248 e. The number of anilines is 1. The summed E-state index contributed by atoms with van der Waals surface area (Å²) in [5, 5.41) is 3.58. The summed E-state index contributed by atoms with van der Waals surface area (Å²) in [4.78, 5) is 11.0. The van der Waals surface area contributed by atoms with Gasteiger partial charge in [0, 0.05) is 17.3 Å². The molecular weight excluding hydrogens is 236 g/mol. The van der Waals surface area contributed by atoms with Crippen LogP contribution in [-0.2, 0) is 0 Å². The lowest BCUT2D eigenvalue weighted by Crippen LogP contribution is -2.29. The Morgan fingerprint density at radius 2 is 1.95 bits per heavy atom. The van der Waals surface area contributed by atoms with Crippen molar-refractivity contribution in [2.75, 3.05) is 5.32 Å². The van der Waals surface area contributed by atoms with Crippen LogP contribution in [0, 0.1) is 11.8 Å². The largest absolute Gasteiger partial charge is 0.382 e. The van der Waals surface area contributed by atoms with Crippen LogP contribution in [0.5, 0.6) is 0 Å². The van der Waals surface area contributed by atoms with E-state index in [0.29, 0.717) is 11.6 Å². The molecular formula is C16H24N2O. The highest BCUT2D eigenvalue weighted by atomic mass is 16.1. The molecule has 1 aromatic carbocycles. The van der Waals surface area contributed by atoms with E-state index in [4.69, 9.17) is 5.73 Å². The molecule has 1 fully saturated rings. The molecule has 0 heterocycles. The maximum atomic E-state index is 11.0. The lowest BCUT2D eigenvalue weighted by Gasteiger charge is -2.32. The van der Waals surface area contributed by atoms with Crippen LogP contribution in [0.3, 0.4) is 0 Å². The molecule has 2 rings (SSSR count). The summed E-state index contributed by atoms with van der Waals surface area (Å²) in [6, 6.07) is 8.01. The first kappa shape index (κ1) is 13.9. The van der Waals surface area contributed by atoms with E-state index >= 15 is 0 Å². The monoisotopic (exact) mass is 260 g/mol. The van der Waals surface area contributed by atoms with Crippen LogP contribution in [0.2, 0.25) is 0 Å². The second-order valence-electron chi connectivity index (χ2n) is 5.95. The molecule has 0 aromatic heterocycles. The van der Waals surface area contributed by atoms with Gasteiger partial charge in [-0.15, -0.1) is 0 Å². The van der Waals surface area contributed by atoms with Gasteiger partial charge in [-0.3, -0.25) is 4.79 Å². The second-order valence-corrected chi connectivity index (χ2v) is 5.95. The Bertz CT molecular complexity index is 425. The third-order valence-electron chi connectivity index (χ3n) is 4.20. The Kier molecular flexibility index (Phi) is 4.46. The fourth-order valence-corrected chi connectivity index (χ4v) is 2.93. The van der Waals surface area contributed by atoms with Gasteiger partial charge in [0.25, 0.3) is 0 Å². The highest BCUT2D eigenvalue weighted by Crippen LogP contribution is 2.31. The minimum atomic E-state index is -0.371. The van der Waals surface area contributed by atoms with Crippen molar-refractivity contribution in [3.05, 3.63) is 29.8 Å². The first-order valence-electron chi connectivity index (χ1n) is 7.22. The van der Waals surface area contributed by atoms with Gasteiger partial charge in [-0.2, -0.15) is 0 Å². The molecule has 0 radical (unpaired) electrons. The van der Waals surface area contributed by atoms with Crippen LogP contribution in [0.1, 0.15) is 49.9 Å². The number of nitrogens with two attached hydrogens (primary N) is 1. The topological polar surface area (TPSA) is 55.1 Å². The maximum absolute atomic E-state index is 11.0. The number of hydrogen-bond acceptors (Lipinski definition) is 2. The van der Waals surface area contributed by atoms with E-state index in [-0.39, 0.29) is 5.91 Å². The molecule has 0 saturated heterocycles. The van der Waals surface area contributed by atoms with Crippen LogP contribution < -0.4 is 11.1 Å². The van der Waals surface area contributed by atoms with E-state index in [9.17, 15) is 4.79 Å². The summed E-state index contributed by atoms with van der Waals surface area (Å²) >= 11 is 0. The zero-order valence-corrected chi connectivity index (χ0v) is 11.9. The summed E-state index contributed by atoms with van der Waals surface area (Å²) in [5.41, 5.74) is 6.89. The Morgan fingerprint density at radius 1 is 1.26 bits per heavy atom. The van der Waals surface area contributed by atoms with Gasteiger partial charge in [-0.05, 0) is 48.9 Å². The van der Waals surface area contributed by atoms with Crippen LogP contribution >= 0.6 is 0 Å². The molecule has 1 aromatic rings. The number of benzene rings is 1. The van der Waals surface area contributed by atoms with E-state index in [0.717, 1.165) is 17.5 Å². The van der Waals surface area contributed by atoms with Crippen LogP contribution in [0.25, 0.3) is 0 Å². The molecule has 3 N–H and O–H groups in total. The van der Waals surface area contributed by atoms with Gasteiger partial charge in [0.15, 0.2) is 0 Å². The molecule has 0 spiro atoms. The van der Waals surface area contributed by atoms with E-state index in [1.165, 1.54) is 25.7 Å². The molecule has 2 atom stereocenters. The number of nitrogens with one attached hydrogen (secondary N) is 1. The lowest BCUT2D eigenvalue weighted by atomic mass is 9.79. The Hall–Kier alpha value is -1.51. The van der Waals surface area contributed by atoms with Crippen molar-refractivity contribution < 1.29 is 4.79 Å². The predicted molar refractivity (Wildman–Crippen MR) is 79.2 cm³/mol. The van der Waals surface area contributed by atoms with Crippen LogP contribution in [0.4, 0.5) is 5.69 Å². The van der Waals surface area contributed by atoms with Crippen molar-refractivity contribution in [3.63, 3.8) is 0 Å². The van der Waals surface area contributed by atoms with Gasteiger partial charge >= 0.3 is 0 Å². The Balaban J connectivity index is 1.95. The SMILES string of the molecule is CC(C)C1CCCC(Nc2ccc(C(N)=O)cc2)C1. The van der Waals surface area contributed by atoms with E-state index < -0.39 is 0 Å². The average Bonchev–Trinajstić information content (AvgIpc) is 2.39. The molecule has 3 nitrogen and oxygen atoms in total. The molecule has 104 valence electrons. The fraction of sp³-hybridized carbons (Fsp3) is 0.562. The Labute approximate surface area is 115 Å². The predicted octanol–water partition coefficient (Wildman–Crippen LogP) is 3.41. The second kappa shape index (κ2) is 6.09. The quantitative estimate of drug-likeness (QED) is 0.871. The zero-order chi connectivity index (χ0) is 13.8. The van der Waals surface area contributed by atoms with Crippen LogP contribution in [0.15, 0.2) is 24.3 Å². The normalized spacial score (nSPS) is 23.3. The molecule has 1 amide bonds. The molecule has 1 saturated carbocycles. The van der Waals surface area contributed by atoms with Crippen molar-refractivity contribution >= 4 is 11.6 Å². The zero-order valence-electron chi connectivity index (χ0n) is 11.9. The molecule has 19 heavy (non-hydrogen) atoms. The molecule has 3 heteroatoms. The summed E-state index contributed by atoms with van der Waals surface area (Å²) in [6.07, 6.45) is 5.15. The van der Waals surface area contributed by atoms with Crippen molar-refractivity contribution in [1.29, 1.82) is 0 Å². The van der Waals surface area contributed by atoms with Crippen molar-refractivity contribution in [2.24, 2.45) is 17.6 Å². The van der Waals surface area contributed by atoms with Crippen LogP contribution in [-0.4, -0.2) is 11.9 Å². The lowest BCUT2D eigenvalue weighted by molar-refractivity contribution is 0.100. The third kappa shape index (κ3) is 3.72. The van der Waals surface area contributed by atoms with Gasteiger partial charge in [0.1, 0.15) is 0 Å². The standard InChI is InChI=1S/C16H24N2O/c1-11(2)13-4-3-5-15(10-13)18-14-8-6-12(7-9-14)16(17)19/h6-9,11,13,15,18H,3-5,10H2,1-2H3,(H2,17,19). The van der Waals surface area contributed by atoms with Gasteiger partial charge in [0.05, 0.1) is 0 Å². The molecule has 0 aliphatic heterocycles. The van der Waals surface area contributed by atoms with E-state index in [2.05, 4.69) is 19.2 Å².